The third-order valence-corrected chi connectivity index (χ3v) is 8.73. The number of carbonyl (C=O) groups is 6. The Bertz CT molecular complexity index is 998. The molecule has 12 N–H and O–H groups in total. The maximum atomic E-state index is 13.7. The van der Waals surface area contributed by atoms with E-state index in [9.17, 15) is 33.9 Å². The lowest BCUT2D eigenvalue weighted by Gasteiger charge is -2.30. The van der Waals surface area contributed by atoms with Crippen LogP contribution in [0.1, 0.15) is 99.3 Å². The molecule has 0 rings (SSSR count). The van der Waals surface area contributed by atoms with E-state index in [0.29, 0.717) is 58.0 Å². The van der Waals surface area contributed by atoms with Gasteiger partial charge in [0.25, 0.3) is 0 Å². The highest BCUT2D eigenvalue weighted by Crippen LogP contribution is 2.14. The van der Waals surface area contributed by atoms with E-state index < -0.39 is 65.7 Å². The van der Waals surface area contributed by atoms with Crippen molar-refractivity contribution in [2.75, 3.05) is 19.6 Å². The molecule has 0 aliphatic rings. The lowest BCUT2D eigenvalue weighted by molar-refractivity contribution is -0.144. The van der Waals surface area contributed by atoms with E-state index in [-0.39, 0.29) is 37.1 Å². The average Bonchev–Trinajstić information content (AvgIpc) is 3.05. The van der Waals surface area contributed by atoms with Gasteiger partial charge in [-0.05, 0) is 69.4 Å². The third-order valence-electron chi connectivity index (χ3n) is 8.73. The predicted octanol–water partition coefficient (Wildman–Crippen LogP) is -0.150. The standard InChI is InChI=1S/C32H62N8O7/c1-7-19(4)25(38-24(41)18-35)31(45)39-26(20(5)8-2)30(44)37-22(14-10-12-16-33)28(42)36-23(15-11-13-17-34)29(43)40-27(32(46)47)21(6)9-3/h19-23,25-27H,7-18,33-35H2,1-6H3,(H,36,42)(H,37,44)(H,38,41)(H,39,45)(H,40,43)(H,46,47)/t19-,20-,21-,22-,23-,25-,26-,27-/m0/s1. The molecule has 0 spiro atoms. The lowest BCUT2D eigenvalue weighted by Crippen LogP contribution is -2.61. The van der Waals surface area contributed by atoms with Crippen LogP contribution in [0.25, 0.3) is 0 Å². The Morgan fingerprint density at radius 1 is 0.532 bits per heavy atom. The van der Waals surface area contributed by atoms with Gasteiger partial charge in [0.2, 0.25) is 29.5 Å². The summed E-state index contributed by atoms with van der Waals surface area (Å²) in [5, 5.41) is 23.2. The first-order valence-corrected chi connectivity index (χ1v) is 17.1. The number of nitrogens with one attached hydrogen (secondary N) is 5. The zero-order valence-electron chi connectivity index (χ0n) is 29.2. The first-order chi connectivity index (χ1) is 22.2. The molecule has 272 valence electrons. The van der Waals surface area contributed by atoms with Crippen molar-refractivity contribution in [3.05, 3.63) is 0 Å². The summed E-state index contributed by atoms with van der Waals surface area (Å²) in [4.78, 5) is 78.0. The summed E-state index contributed by atoms with van der Waals surface area (Å²) in [5.41, 5.74) is 16.8. The minimum atomic E-state index is -1.18. The van der Waals surface area contributed by atoms with Crippen LogP contribution in [0.3, 0.4) is 0 Å². The molecule has 8 atom stereocenters. The zero-order chi connectivity index (χ0) is 36.1. The molecule has 0 heterocycles. The van der Waals surface area contributed by atoms with E-state index in [2.05, 4.69) is 26.6 Å². The van der Waals surface area contributed by atoms with Crippen molar-refractivity contribution in [3.8, 4) is 0 Å². The molecular formula is C32H62N8O7. The molecule has 0 saturated heterocycles. The maximum absolute atomic E-state index is 13.7. The summed E-state index contributed by atoms with van der Waals surface area (Å²) in [6.45, 7) is 11.3. The molecule has 0 aliphatic heterocycles. The molecule has 0 unspecified atom stereocenters. The van der Waals surface area contributed by atoms with Gasteiger partial charge in [-0.15, -0.1) is 0 Å². The van der Waals surface area contributed by atoms with Crippen molar-refractivity contribution < 1.29 is 33.9 Å². The summed E-state index contributed by atoms with van der Waals surface area (Å²) in [6.07, 6.45) is 4.20. The Morgan fingerprint density at radius 2 is 0.894 bits per heavy atom. The summed E-state index contributed by atoms with van der Waals surface area (Å²) in [5.74, 6) is -5.02. The van der Waals surface area contributed by atoms with E-state index in [1.165, 1.54) is 0 Å². The van der Waals surface area contributed by atoms with Crippen LogP contribution in [0.2, 0.25) is 0 Å². The van der Waals surface area contributed by atoms with E-state index in [1.807, 2.05) is 20.8 Å². The zero-order valence-corrected chi connectivity index (χ0v) is 29.2. The number of amides is 5. The molecule has 15 heteroatoms. The van der Waals surface area contributed by atoms with Gasteiger partial charge in [0.15, 0.2) is 0 Å². The summed E-state index contributed by atoms with van der Waals surface area (Å²) >= 11 is 0. The normalized spacial score (nSPS) is 16.3. The first-order valence-electron chi connectivity index (χ1n) is 17.1. The minimum absolute atomic E-state index is 0.208. The first kappa shape index (κ1) is 43.7. The van der Waals surface area contributed by atoms with Crippen LogP contribution in [0.5, 0.6) is 0 Å². The van der Waals surface area contributed by atoms with Crippen LogP contribution in [-0.4, -0.2) is 90.5 Å². The second-order valence-electron chi connectivity index (χ2n) is 12.4. The van der Waals surface area contributed by atoms with Crippen LogP contribution < -0.4 is 43.8 Å². The Kier molecular flexibility index (Phi) is 22.3. The summed E-state index contributed by atoms with van der Waals surface area (Å²) < 4.78 is 0. The van der Waals surface area contributed by atoms with Gasteiger partial charge in [0, 0.05) is 0 Å². The van der Waals surface area contributed by atoms with Gasteiger partial charge in [0.05, 0.1) is 6.54 Å². The van der Waals surface area contributed by atoms with Gasteiger partial charge in [-0.25, -0.2) is 4.79 Å². The number of unbranched alkanes of at least 4 members (excludes halogenated alkanes) is 2. The number of carboxylic acid groups (broad SMARTS) is 1. The molecule has 0 saturated carbocycles. The van der Waals surface area contributed by atoms with Crippen molar-refractivity contribution in [3.63, 3.8) is 0 Å². The summed E-state index contributed by atoms with van der Waals surface area (Å²) in [7, 11) is 0. The molecule has 47 heavy (non-hydrogen) atoms. The molecule has 0 aromatic heterocycles. The molecule has 15 nitrogen and oxygen atoms in total. The van der Waals surface area contributed by atoms with Crippen molar-refractivity contribution in [1.29, 1.82) is 0 Å². The molecule has 0 aliphatic carbocycles. The largest absolute Gasteiger partial charge is 0.480 e. The van der Waals surface area contributed by atoms with Gasteiger partial charge in [-0.2, -0.15) is 0 Å². The van der Waals surface area contributed by atoms with Crippen molar-refractivity contribution in [1.82, 2.24) is 26.6 Å². The predicted molar refractivity (Wildman–Crippen MR) is 181 cm³/mol. The molecule has 0 aromatic rings. The second kappa shape index (κ2) is 23.9. The van der Waals surface area contributed by atoms with E-state index in [0.717, 1.165) is 0 Å². The second-order valence-corrected chi connectivity index (χ2v) is 12.4. The lowest BCUT2D eigenvalue weighted by atomic mass is 9.94. The molecule has 5 amide bonds. The smallest absolute Gasteiger partial charge is 0.326 e. The van der Waals surface area contributed by atoms with Gasteiger partial charge in [0.1, 0.15) is 30.2 Å². The topological polar surface area (TPSA) is 261 Å². The Hall–Kier alpha value is -3.30. The minimum Gasteiger partial charge on any atom is -0.480 e. The number of hydrogen-bond acceptors (Lipinski definition) is 9. The third kappa shape index (κ3) is 15.9. The number of aliphatic carboxylic acids is 1. The maximum Gasteiger partial charge on any atom is 0.326 e. The fourth-order valence-corrected chi connectivity index (χ4v) is 4.87. The number of nitrogens with two attached hydrogens (primary N) is 3. The van der Waals surface area contributed by atoms with Crippen molar-refractivity contribution in [2.45, 2.75) is 130 Å². The highest BCUT2D eigenvalue weighted by atomic mass is 16.4. The highest BCUT2D eigenvalue weighted by Gasteiger charge is 2.35. The van der Waals surface area contributed by atoms with Gasteiger partial charge >= 0.3 is 5.97 Å². The van der Waals surface area contributed by atoms with Crippen LogP contribution in [0.4, 0.5) is 0 Å². The fourth-order valence-electron chi connectivity index (χ4n) is 4.87. The average molecular weight is 671 g/mol. The monoisotopic (exact) mass is 670 g/mol. The number of rotatable bonds is 25. The van der Waals surface area contributed by atoms with E-state index >= 15 is 0 Å². The summed E-state index contributed by atoms with van der Waals surface area (Å²) in [6, 6.07) is -5.24. The van der Waals surface area contributed by atoms with Crippen LogP contribution >= 0.6 is 0 Å². The number of carbonyl (C=O) groups excluding carboxylic acids is 5. The number of hydrogen-bond donors (Lipinski definition) is 9. The Morgan fingerprint density at radius 3 is 1.30 bits per heavy atom. The SMILES string of the molecule is CC[C@H](C)[C@H](NC(=O)[C@H](CCCCN)NC(=O)[C@H](CCCCN)NC(=O)[C@@H](NC(=O)[C@@H](NC(=O)CN)[C@@H](C)CC)[C@@H](C)CC)C(=O)O. The van der Waals surface area contributed by atoms with Crippen molar-refractivity contribution in [2.24, 2.45) is 35.0 Å². The fraction of sp³-hybridized carbons (Fsp3) is 0.812. The Balaban J connectivity index is 6.20. The van der Waals surface area contributed by atoms with Crippen molar-refractivity contribution >= 4 is 35.5 Å². The van der Waals surface area contributed by atoms with E-state index in [1.54, 1.807) is 20.8 Å². The molecule has 0 fully saturated rings. The number of carboxylic acids is 1. The molecule has 0 bridgehead atoms. The van der Waals surface area contributed by atoms with Crippen LogP contribution in [0, 0.1) is 17.8 Å². The van der Waals surface area contributed by atoms with Crippen LogP contribution in [0.15, 0.2) is 0 Å². The van der Waals surface area contributed by atoms with Gasteiger partial charge in [-0.1, -0.05) is 60.8 Å². The molecule has 0 radical (unpaired) electrons. The Labute approximate surface area is 280 Å². The van der Waals surface area contributed by atoms with Gasteiger partial charge < -0.3 is 48.9 Å². The van der Waals surface area contributed by atoms with E-state index in [4.69, 9.17) is 17.2 Å². The molecule has 0 aromatic carbocycles. The van der Waals surface area contributed by atoms with Gasteiger partial charge in [-0.3, -0.25) is 24.0 Å². The van der Waals surface area contributed by atoms with Crippen LogP contribution in [-0.2, 0) is 28.8 Å². The highest BCUT2D eigenvalue weighted by molar-refractivity contribution is 5.96. The molecular weight excluding hydrogens is 608 g/mol. The quantitative estimate of drug-likeness (QED) is 0.0580.